The van der Waals surface area contributed by atoms with Crippen molar-refractivity contribution >= 4 is 11.9 Å². The van der Waals surface area contributed by atoms with Gasteiger partial charge in [0.05, 0.1) is 25.0 Å². The topological polar surface area (TPSA) is 55.8 Å². The molecule has 0 aromatic carbocycles. The molecule has 1 unspecified atom stereocenters. The Kier molecular flexibility index (Phi) is 5.83. The Labute approximate surface area is 120 Å². The van der Waals surface area contributed by atoms with Crippen molar-refractivity contribution in [2.24, 2.45) is 5.92 Å². The molecule has 0 N–H and O–H groups in total. The van der Waals surface area contributed by atoms with Crippen LogP contribution in [0.5, 0.6) is 0 Å². The van der Waals surface area contributed by atoms with Crippen LogP contribution in [0.1, 0.15) is 45.4 Å². The van der Waals surface area contributed by atoms with E-state index < -0.39 is 0 Å². The van der Waals surface area contributed by atoms with E-state index in [2.05, 4.69) is 0 Å². The third-order valence-corrected chi connectivity index (χ3v) is 4.14. The van der Waals surface area contributed by atoms with Crippen molar-refractivity contribution in [1.29, 1.82) is 0 Å². The summed E-state index contributed by atoms with van der Waals surface area (Å²) in [7, 11) is 0. The van der Waals surface area contributed by atoms with Gasteiger partial charge in [-0.15, -0.1) is 0 Å². The molecule has 2 aliphatic rings. The smallest absolute Gasteiger partial charge is 0.309 e. The number of esters is 1. The molecule has 0 aliphatic carbocycles. The first-order chi connectivity index (χ1) is 9.70. The second-order valence-corrected chi connectivity index (χ2v) is 5.60. The van der Waals surface area contributed by atoms with Crippen molar-refractivity contribution in [3.8, 4) is 0 Å². The number of nitrogens with zero attached hydrogens (tertiary/aromatic N) is 1. The zero-order valence-electron chi connectivity index (χ0n) is 12.3. The highest BCUT2D eigenvalue weighted by Gasteiger charge is 2.29. The lowest BCUT2D eigenvalue weighted by Gasteiger charge is -2.32. The maximum atomic E-state index is 12.2. The molecule has 2 aliphatic heterocycles. The van der Waals surface area contributed by atoms with Gasteiger partial charge in [-0.2, -0.15) is 0 Å². The van der Waals surface area contributed by atoms with Crippen LogP contribution in [0.15, 0.2) is 0 Å². The maximum absolute atomic E-state index is 12.2. The van der Waals surface area contributed by atoms with Gasteiger partial charge in [-0.25, -0.2) is 0 Å². The molecule has 2 rings (SSSR count). The van der Waals surface area contributed by atoms with Gasteiger partial charge in [-0.3, -0.25) is 9.59 Å². The molecular formula is C15H25NO4. The van der Waals surface area contributed by atoms with Crippen molar-refractivity contribution in [3.05, 3.63) is 0 Å². The Balaban J connectivity index is 1.72. The van der Waals surface area contributed by atoms with Gasteiger partial charge in [0.2, 0.25) is 5.91 Å². The molecule has 2 saturated heterocycles. The maximum Gasteiger partial charge on any atom is 0.309 e. The quantitative estimate of drug-likeness (QED) is 0.738. The van der Waals surface area contributed by atoms with E-state index in [9.17, 15) is 9.59 Å². The summed E-state index contributed by atoms with van der Waals surface area (Å²) >= 11 is 0. The molecule has 20 heavy (non-hydrogen) atoms. The minimum Gasteiger partial charge on any atom is -0.466 e. The Hall–Kier alpha value is -1.10. The summed E-state index contributed by atoms with van der Waals surface area (Å²) in [5, 5.41) is 0. The zero-order valence-corrected chi connectivity index (χ0v) is 12.3. The zero-order chi connectivity index (χ0) is 14.4. The highest BCUT2D eigenvalue weighted by Crippen LogP contribution is 2.21. The van der Waals surface area contributed by atoms with Crippen LogP contribution in [0.4, 0.5) is 0 Å². The molecule has 114 valence electrons. The third kappa shape index (κ3) is 4.20. The van der Waals surface area contributed by atoms with E-state index in [1.54, 1.807) is 0 Å². The van der Waals surface area contributed by atoms with Crippen molar-refractivity contribution in [2.45, 2.75) is 51.6 Å². The lowest BCUT2D eigenvalue weighted by atomic mass is 9.96. The first kappa shape index (κ1) is 15.3. The normalized spacial score (nSPS) is 24.4. The summed E-state index contributed by atoms with van der Waals surface area (Å²) in [5.41, 5.74) is 0. The summed E-state index contributed by atoms with van der Waals surface area (Å²) in [6.07, 6.45) is 5.28. The fourth-order valence-electron chi connectivity index (χ4n) is 2.92. The molecule has 0 aromatic heterocycles. The molecule has 0 bridgehead atoms. The summed E-state index contributed by atoms with van der Waals surface area (Å²) in [6, 6.07) is 0. The van der Waals surface area contributed by atoms with Gasteiger partial charge in [0.15, 0.2) is 0 Å². The van der Waals surface area contributed by atoms with E-state index in [1.807, 2.05) is 11.8 Å². The van der Waals surface area contributed by atoms with Crippen LogP contribution in [0.25, 0.3) is 0 Å². The summed E-state index contributed by atoms with van der Waals surface area (Å²) in [6.45, 7) is 4.35. The van der Waals surface area contributed by atoms with E-state index in [1.165, 1.54) is 0 Å². The van der Waals surface area contributed by atoms with Crippen LogP contribution in [0, 0.1) is 5.92 Å². The molecule has 0 saturated carbocycles. The van der Waals surface area contributed by atoms with Gasteiger partial charge in [-0.1, -0.05) is 0 Å². The van der Waals surface area contributed by atoms with Crippen LogP contribution in [-0.2, 0) is 19.1 Å². The number of rotatable bonds is 4. The summed E-state index contributed by atoms with van der Waals surface area (Å²) in [5.74, 6) is 0.0133. The molecular weight excluding hydrogens is 258 g/mol. The monoisotopic (exact) mass is 283 g/mol. The highest BCUT2D eigenvalue weighted by atomic mass is 16.5. The lowest BCUT2D eigenvalue weighted by Crippen LogP contribution is -2.42. The lowest BCUT2D eigenvalue weighted by molar-refractivity contribution is -0.151. The Bertz CT molecular complexity index is 331. The van der Waals surface area contributed by atoms with Gasteiger partial charge in [0.1, 0.15) is 0 Å². The van der Waals surface area contributed by atoms with Crippen molar-refractivity contribution in [1.82, 2.24) is 4.90 Å². The highest BCUT2D eigenvalue weighted by molar-refractivity contribution is 5.77. The fourth-order valence-corrected chi connectivity index (χ4v) is 2.92. The summed E-state index contributed by atoms with van der Waals surface area (Å²) < 4.78 is 10.6. The molecule has 5 heteroatoms. The fraction of sp³-hybridized carbons (Fsp3) is 0.867. The SMILES string of the molecule is CCOC(=O)C1CCN(C(=O)CC2CCCCO2)CC1. The van der Waals surface area contributed by atoms with Gasteiger partial charge in [-0.05, 0) is 39.0 Å². The predicted molar refractivity (Wildman–Crippen MR) is 74.1 cm³/mol. The molecule has 0 aromatic rings. The van der Waals surface area contributed by atoms with Crippen molar-refractivity contribution in [2.75, 3.05) is 26.3 Å². The minimum absolute atomic E-state index is 0.0371. The van der Waals surface area contributed by atoms with Crippen molar-refractivity contribution in [3.63, 3.8) is 0 Å². The van der Waals surface area contributed by atoms with Crippen LogP contribution in [-0.4, -0.2) is 49.2 Å². The van der Waals surface area contributed by atoms with E-state index >= 15 is 0 Å². The Morgan fingerprint density at radius 3 is 2.55 bits per heavy atom. The van der Waals surface area contributed by atoms with E-state index in [0.717, 1.165) is 38.7 Å². The number of carbonyl (C=O) groups excluding carboxylic acids is 2. The molecule has 0 spiro atoms. The third-order valence-electron chi connectivity index (χ3n) is 4.14. The van der Waals surface area contributed by atoms with Crippen LogP contribution in [0.3, 0.4) is 0 Å². The van der Waals surface area contributed by atoms with E-state index in [-0.39, 0.29) is 23.9 Å². The predicted octanol–water partition coefficient (Wildman–Crippen LogP) is 1.75. The number of ether oxygens (including phenoxy) is 2. The van der Waals surface area contributed by atoms with Gasteiger partial charge < -0.3 is 14.4 Å². The Morgan fingerprint density at radius 2 is 1.95 bits per heavy atom. The molecule has 5 nitrogen and oxygen atoms in total. The van der Waals surface area contributed by atoms with Crippen LogP contribution < -0.4 is 0 Å². The number of piperidine rings is 1. The van der Waals surface area contributed by atoms with Gasteiger partial charge >= 0.3 is 5.97 Å². The molecule has 0 radical (unpaired) electrons. The van der Waals surface area contributed by atoms with E-state index in [0.29, 0.717) is 26.1 Å². The molecule has 1 atom stereocenters. The second kappa shape index (κ2) is 7.62. The Morgan fingerprint density at radius 1 is 1.20 bits per heavy atom. The minimum atomic E-state index is -0.116. The molecule has 1 amide bonds. The van der Waals surface area contributed by atoms with E-state index in [4.69, 9.17) is 9.47 Å². The average Bonchev–Trinajstić information content (AvgIpc) is 2.48. The molecule has 2 fully saturated rings. The number of amides is 1. The molecule has 2 heterocycles. The first-order valence-corrected chi connectivity index (χ1v) is 7.76. The average molecular weight is 283 g/mol. The number of hydrogen-bond donors (Lipinski definition) is 0. The van der Waals surface area contributed by atoms with Gasteiger partial charge in [0, 0.05) is 19.7 Å². The van der Waals surface area contributed by atoms with Gasteiger partial charge in [0.25, 0.3) is 0 Å². The second-order valence-electron chi connectivity index (χ2n) is 5.60. The largest absolute Gasteiger partial charge is 0.466 e. The standard InChI is InChI=1S/C15H25NO4/c1-2-19-15(18)12-6-8-16(9-7-12)14(17)11-13-5-3-4-10-20-13/h12-13H,2-11H2,1H3. The summed E-state index contributed by atoms with van der Waals surface area (Å²) in [4.78, 5) is 25.7. The number of carbonyl (C=O) groups is 2. The van der Waals surface area contributed by atoms with Crippen LogP contribution >= 0.6 is 0 Å². The number of hydrogen-bond acceptors (Lipinski definition) is 4. The van der Waals surface area contributed by atoms with Crippen LogP contribution in [0.2, 0.25) is 0 Å². The number of likely N-dealkylation sites (tertiary alicyclic amines) is 1. The first-order valence-electron chi connectivity index (χ1n) is 7.76. The van der Waals surface area contributed by atoms with Crippen molar-refractivity contribution < 1.29 is 19.1 Å².